The van der Waals surface area contributed by atoms with Crippen molar-refractivity contribution in [2.45, 2.75) is 13.3 Å². The van der Waals surface area contributed by atoms with E-state index < -0.39 is 18.9 Å². The summed E-state index contributed by atoms with van der Waals surface area (Å²) < 4.78 is 29.2. The molecule has 0 N–H and O–H groups in total. The third kappa shape index (κ3) is 3.55. The van der Waals surface area contributed by atoms with E-state index in [0.717, 1.165) is 4.90 Å². The number of halogens is 3. The highest BCUT2D eigenvalue weighted by molar-refractivity contribution is 9.09. The lowest BCUT2D eigenvalue weighted by Gasteiger charge is -2.19. The van der Waals surface area contributed by atoms with E-state index in [4.69, 9.17) is 4.52 Å². The number of hydrogen-bond donors (Lipinski definition) is 0. The summed E-state index contributed by atoms with van der Waals surface area (Å²) in [7, 11) is 0. The van der Waals surface area contributed by atoms with Crippen molar-refractivity contribution in [2.24, 2.45) is 0 Å². The molecule has 1 aromatic rings. The predicted octanol–water partition coefficient (Wildman–Crippen LogP) is 2.09. The van der Waals surface area contributed by atoms with Gasteiger partial charge in [-0.2, -0.15) is 0 Å². The molecule has 1 rings (SSSR count). The minimum atomic E-state index is -2.56. The highest BCUT2D eigenvalue weighted by Crippen LogP contribution is 2.08. The second kappa shape index (κ2) is 5.93. The summed E-state index contributed by atoms with van der Waals surface area (Å²) in [5, 5.41) is 3.93. The van der Waals surface area contributed by atoms with Gasteiger partial charge in [0.2, 0.25) is 0 Å². The van der Waals surface area contributed by atoms with E-state index in [9.17, 15) is 13.6 Å². The minimum absolute atomic E-state index is 0.0547. The molecular weight excluding hydrogens is 286 g/mol. The van der Waals surface area contributed by atoms with Crippen molar-refractivity contribution >= 4 is 21.8 Å². The zero-order valence-electron chi connectivity index (χ0n) is 8.62. The van der Waals surface area contributed by atoms with Crippen LogP contribution in [0.25, 0.3) is 0 Å². The molecule has 1 amide bonds. The van der Waals surface area contributed by atoms with Crippen molar-refractivity contribution in [2.75, 3.05) is 18.4 Å². The fraction of sp³-hybridized carbons (Fsp3) is 0.556. The zero-order valence-corrected chi connectivity index (χ0v) is 10.2. The van der Waals surface area contributed by atoms with Crippen molar-refractivity contribution in [1.29, 1.82) is 0 Å². The largest absolute Gasteiger partial charge is 0.361 e. The topological polar surface area (TPSA) is 46.3 Å². The molecule has 0 unspecified atom stereocenters. The maximum Gasteiger partial charge on any atom is 0.276 e. The first-order valence-electron chi connectivity index (χ1n) is 4.61. The van der Waals surface area contributed by atoms with E-state index in [0.29, 0.717) is 11.1 Å². The fourth-order valence-corrected chi connectivity index (χ4v) is 1.60. The number of carbonyl (C=O) groups is 1. The van der Waals surface area contributed by atoms with Crippen LogP contribution in [0.3, 0.4) is 0 Å². The van der Waals surface area contributed by atoms with Crippen molar-refractivity contribution in [1.82, 2.24) is 10.1 Å². The Morgan fingerprint density at radius 1 is 1.69 bits per heavy atom. The van der Waals surface area contributed by atoms with Gasteiger partial charge in [0.05, 0.1) is 6.54 Å². The molecule has 0 saturated carbocycles. The first-order valence-corrected chi connectivity index (χ1v) is 5.73. The summed E-state index contributed by atoms with van der Waals surface area (Å²) >= 11 is 3.10. The molecule has 4 nitrogen and oxygen atoms in total. The SMILES string of the molecule is Cc1cc(C(=O)N(CCBr)CC(F)F)no1. The Morgan fingerprint density at radius 2 is 2.38 bits per heavy atom. The van der Waals surface area contributed by atoms with Gasteiger partial charge in [-0.05, 0) is 6.92 Å². The molecule has 0 radical (unpaired) electrons. The Labute approximate surface area is 99.7 Å². The van der Waals surface area contributed by atoms with E-state index in [-0.39, 0.29) is 12.2 Å². The molecular formula is C9H11BrF2N2O2. The van der Waals surface area contributed by atoms with E-state index in [1.54, 1.807) is 6.92 Å². The van der Waals surface area contributed by atoms with E-state index in [1.165, 1.54) is 6.07 Å². The Morgan fingerprint density at radius 3 is 2.81 bits per heavy atom. The third-order valence-corrected chi connectivity index (χ3v) is 2.20. The molecule has 0 fully saturated rings. The lowest BCUT2D eigenvalue weighted by Crippen LogP contribution is -2.36. The number of aromatic nitrogens is 1. The highest BCUT2D eigenvalue weighted by Gasteiger charge is 2.21. The predicted molar refractivity (Wildman–Crippen MR) is 56.9 cm³/mol. The van der Waals surface area contributed by atoms with Crippen molar-refractivity contribution in [3.8, 4) is 0 Å². The van der Waals surface area contributed by atoms with Gasteiger partial charge >= 0.3 is 0 Å². The van der Waals surface area contributed by atoms with Crippen LogP contribution in [0.15, 0.2) is 10.6 Å². The fourth-order valence-electron chi connectivity index (χ4n) is 1.17. The summed E-state index contributed by atoms with van der Waals surface area (Å²) in [5.41, 5.74) is 0.0547. The molecule has 0 spiro atoms. The molecule has 90 valence electrons. The first kappa shape index (κ1) is 13.1. The Bertz CT molecular complexity index is 357. The van der Waals surface area contributed by atoms with Crippen LogP contribution in [0, 0.1) is 6.92 Å². The maximum atomic E-state index is 12.2. The maximum absolute atomic E-state index is 12.2. The van der Waals surface area contributed by atoms with Gasteiger partial charge in [0.25, 0.3) is 12.3 Å². The molecule has 0 aliphatic carbocycles. The van der Waals surface area contributed by atoms with Crippen LogP contribution >= 0.6 is 15.9 Å². The summed E-state index contributed by atoms with van der Waals surface area (Å²) in [6.07, 6.45) is -2.56. The normalized spacial score (nSPS) is 10.8. The van der Waals surface area contributed by atoms with Gasteiger partial charge in [-0.3, -0.25) is 4.79 Å². The molecule has 0 aliphatic heterocycles. The van der Waals surface area contributed by atoms with Gasteiger partial charge in [-0.25, -0.2) is 8.78 Å². The average molecular weight is 297 g/mol. The van der Waals surface area contributed by atoms with Gasteiger partial charge in [0, 0.05) is 17.9 Å². The van der Waals surface area contributed by atoms with Crippen LogP contribution in [0.5, 0.6) is 0 Å². The Balaban J connectivity index is 2.74. The first-order chi connectivity index (χ1) is 7.54. The number of carbonyl (C=O) groups excluding carboxylic acids is 1. The Kier molecular flexibility index (Phi) is 4.85. The van der Waals surface area contributed by atoms with Gasteiger partial charge in [0.1, 0.15) is 5.76 Å². The van der Waals surface area contributed by atoms with E-state index in [1.807, 2.05) is 0 Å². The Hall–Kier alpha value is -0.980. The highest BCUT2D eigenvalue weighted by atomic mass is 79.9. The summed E-state index contributed by atoms with van der Waals surface area (Å²) in [6, 6.07) is 1.43. The molecule has 1 heterocycles. The van der Waals surface area contributed by atoms with Gasteiger partial charge < -0.3 is 9.42 Å². The number of amides is 1. The molecule has 16 heavy (non-hydrogen) atoms. The minimum Gasteiger partial charge on any atom is -0.361 e. The van der Waals surface area contributed by atoms with Gasteiger partial charge in [0.15, 0.2) is 5.69 Å². The number of nitrogens with zero attached hydrogens (tertiary/aromatic N) is 2. The van der Waals surface area contributed by atoms with Crippen LogP contribution < -0.4 is 0 Å². The third-order valence-electron chi connectivity index (χ3n) is 1.85. The van der Waals surface area contributed by atoms with E-state index >= 15 is 0 Å². The molecule has 0 saturated heterocycles. The summed E-state index contributed by atoms with van der Waals surface area (Å²) in [6.45, 7) is 1.23. The van der Waals surface area contributed by atoms with Crippen LogP contribution in [-0.4, -0.2) is 40.8 Å². The molecule has 0 aromatic carbocycles. The standard InChI is InChI=1S/C9H11BrF2N2O2/c1-6-4-7(13-16-6)9(15)14(3-2-10)5-8(11)12/h4,8H,2-3,5H2,1H3. The lowest BCUT2D eigenvalue weighted by molar-refractivity contribution is 0.0563. The molecule has 7 heteroatoms. The van der Waals surface area contributed by atoms with Crippen LogP contribution in [0.4, 0.5) is 8.78 Å². The van der Waals surface area contributed by atoms with E-state index in [2.05, 4.69) is 21.1 Å². The average Bonchev–Trinajstić information content (AvgIpc) is 2.62. The molecule has 0 bridgehead atoms. The number of rotatable bonds is 5. The second-order valence-electron chi connectivity index (χ2n) is 3.15. The van der Waals surface area contributed by atoms with Gasteiger partial charge in [-0.1, -0.05) is 21.1 Å². The van der Waals surface area contributed by atoms with Crippen LogP contribution in [0.1, 0.15) is 16.2 Å². The monoisotopic (exact) mass is 296 g/mol. The number of hydrogen-bond acceptors (Lipinski definition) is 3. The molecule has 0 atom stereocenters. The van der Waals surface area contributed by atoms with Crippen molar-refractivity contribution in [3.63, 3.8) is 0 Å². The van der Waals surface area contributed by atoms with Crippen molar-refractivity contribution in [3.05, 3.63) is 17.5 Å². The second-order valence-corrected chi connectivity index (χ2v) is 3.95. The lowest BCUT2D eigenvalue weighted by atomic mass is 10.3. The number of alkyl halides is 3. The molecule has 0 aliphatic rings. The van der Waals surface area contributed by atoms with Crippen LogP contribution in [0.2, 0.25) is 0 Å². The number of aryl methyl sites for hydroxylation is 1. The summed E-state index contributed by atoms with van der Waals surface area (Å²) in [4.78, 5) is 12.8. The molecule has 1 aromatic heterocycles. The zero-order chi connectivity index (χ0) is 12.1. The van der Waals surface area contributed by atoms with Crippen molar-refractivity contribution < 1.29 is 18.1 Å². The summed E-state index contributed by atoms with van der Waals surface area (Å²) in [5.74, 6) is -0.0733. The van der Waals surface area contributed by atoms with Gasteiger partial charge in [-0.15, -0.1) is 0 Å². The quantitative estimate of drug-likeness (QED) is 0.782. The smallest absolute Gasteiger partial charge is 0.276 e. The van der Waals surface area contributed by atoms with Crippen LogP contribution in [-0.2, 0) is 0 Å².